The van der Waals surface area contributed by atoms with Crippen LogP contribution in [0.1, 0.15) is 21.5 Å². The molecule has 0 saturated carbocycles. The molecule has 138 valence electrons. The standard InChI is InChI=1S/C20H24N2O4/c1-14-5-8-16(9-6-14)19(23)25-18-13-15(11-12-21-2)7-10-17(18)26-20(24)22(3)4/h5-10,13,21H,11-12H2,1-4H3. The van der Waals surface area contributed by atoms with Crippen molar-refractivity contribution in [3.8, 4) is 11.5 Å². The lowest BCUT2D eigenvalue weighted by molar-refractivity contribution is 0.0728. The van der Waals surface area contributed by atoms with E-state index < -0.39 is 12.1 Å². The van der Waals surface area contributed by atoms with Gasteiger partial charge in [0, 0.05) is 14.1 Å². The molecule has 0 aromatic heterocycles. The highest BCUT2D eigenvalue weighted by molar-refractivity contribution is 5.91. The summed E-state index contributed by atoms with van der Waals surface area (Å²) in [5.41, 5.74) is 2.45. The second-order valence-corrected chi connectivity index (χ2v) is 6.15. The van der Waals surface area contributed by atoms with Gasteiger partial charge in [0.25, 0.3) is 0 Å². The minimum atomic E-state index is -0.541. The van der Waals surface area contributed by atoms with Gasteiger partial charge in [0.15, 0.2) is 11.5 Å². The Morgan fingerprint density at radius 1 is 1.00 bits per heavy atom. The van der Waals surface area contributed by atoms with Gasteiger partial charge in [-0.3, -0.25) is 0 Å². The van der Waals surface area contributed by atoms with Crippen LogP contribution in [0.3, 0.4) is 0 Å². The van der Waals surface area contributed by atoms with Crippen LogP contribution in [0.2, 0.25) is 0 Å². The third kappa shape index (κ3) is 5.32. The van der Waals surface area contributed by atoms with Gasteiger partial charge in [-0.1, -0.05) is 23.8 Å². The number of carbonyl (C=O) groups excluding carboxylic acids is 2. The zero-order chi connectivity index (χ0) is 19.1. The SMILES string of the molecule is CNCCc1ccc(OC(=O)N(C)C)c(OC(=O)c2ccc(C)cc2)c1. The van der Waals surface area contributed by atoms with Crippen LogP contribution in [0.15, 0.2) is 42.5 Å². The largest absolute Gasteiger partial charge is 0.419 e. The first-order valence-corrected chi connectivity index (χ1v) is 8.36. The maximum Gasteiger partial charge on any atom is 0.414 e. The molecule has 0 atom stereocenters. The third-order valence-electron chi connectivity index (χ3n) is 3.72. The molecule has 2 rings (SSSR count). The van der Waals surface area contributed by atoms with Crippen LogP contribution in [0.25, 0.3) is 0 Å². The minimum absolute atomic E-state index is 0.206. The summed E-state index contributed by atoms with van der Waals surface area (Å²) < 4.78 is 10.8. The van der Waals surface area contributed by atoms with Gasteiger partial charge in [-0.15, -0.1) is 0 Å². The minimum Gasteiger partial charge on any atom is -0.419 e. The fourth-order valence-corrected chi connectivity index (χ4v) is 2.18. The first kappa shape index (κ1) is 19.5. The maximum atomic E-state index is 12.4. The third-order valence-corrected chi connectivity index (χ3v) is 3.72. The van der Waals surface area contributed by atoms with Gasteiger partial charge >= 0.3 is 12.1 Å². The first-order valence-electron chi connectivity index (χ1n) is 8.36. The highest BCUT2D eigenvalue weighted by Crippen LogP contribution is 2.30. The van der Waals surface area contributed by atoms with Gasteiger partial charge in [-0.05, 0) is 56.8 Å². The number of aryl methyl sites for hydroxylation is 1. The number of nitrogens with zero attached hydrogens (tertiary/aromatic N) is 1. The molecule has 1 N–H and O–H groups in total. The Kier molecular flexibility index (Phi) is 6.74. The summed E-state index contributed by atoms with van der Waals surface area (Å²) in [6, 6.07) is 12.3. The molecule has 0 radical (unpaired) electrons. The number of benzene rings is 2. The summed E-state index contributed by atoms with van der Waals surface area (Å²) in [6.45, 7) is 2.72. The van der Waals surface area contributed by atoms with Crippen molar-refractivity contribution in [1.29, 1.82) is 0 Å². The topological polar surface area (TPSA) is 67.9 Å². The molecule has 0 bridgehead atoms. The molecule has 0 aliphatic carbocycles. The maximum absolute atomic E-state index is 12.4. The van der Waals surface area contributed by atoms with Crippen LogP contribution in [-0.2, 0) is 6.42 Å². The normalized spacial score (nSPS) is 10.3. The van der Waals surface area contributed by atoms with Gasteiger partial charge in [0.1, 0.15) is 0 Å². The molecule has 2 aromatic carbocycles. The monoisotopic (exact) mass is 356 g/mol. The second-order valence-electron chi connectivity index (χ2n) is 6.15. The molecule has 6 heteroatoms. The number of nitrogens with one attached hydrogen (secondary N) is 1. The van der Waals surface area contributed by atoms with E-state index in [4.69, 9.17) is 9.47 Å². The van der Waals surface area contributed by atoms with Crippen LogP contribution >= 0.6 is 0 Å². The van der Waals surface area contributed by atoms with Crippen molar-refractivity contribution < 1.29 is 19.1 Å². The van der Waals surface area contributed by atoms with E-state index in [1.165, 1.54) is 4.90 Å². The quantitative estimate of drug-likeness (QED) is 0.636. The van der Waals surface area contributed by atoms with Gasteiger partial charge in [-0.2, -0.15) is 0 Å². The number of carbonyl (C=O) groups is 2. The van der Waals surface area contributed by atoms with Gasteiger partial charge in [0.05, 0.1) is 5.56 Å². The molecule has 0 spiro atoms. The van der Waals surface area contributed by atoms with Gasteiger partial charge in [0.2, 0.25) is 0 Å². The molecule has 0 aliphatic heterocycles. The van der Waals surface area contributed by atoms with Crippen molar-refractivity contribution in [3.63, 3.8) is 0 Å². The van der Waals surface area contributed by atoms with Crippen molar-refractivity contribution in [2.75, 3.05) is 27.7 Å². The van der Waals surface area contributed by atoms with E-state index in [0.29, 0.717) is 5.56 Å². The predicted molar refractivity (Wildman–Crippen MR) is 99.9 cm³/mol. The van der Waals surface area contributed by atoms with E-state index in [0.717, 1.165) is 24.1 Å². The van der Waals surface area contributed by atoms with Crippen molar-refractivity contribution in [1.82, 2.24) is 10.2 Å². The summed E-state index contributed by atoms with van der Waals surface area (Å²) in [5.74, 6) is -0.0744. The predicted octanol–water partition coefficient (Wildman–Crippen LogP) is 3.04. The second kappa shape index (κ2) is 9.01. The number of hydrogen-bond acceptors (Lipinski definition) is 5. The van der Waals surface area contributed by atoms with E-state index >= 15 is 0 Å². The number of hydrogen-bond donors (Lipinski definition) is 1. The van der Waals surface area contributed by atoms with E-state index in [-0.39, 0.29) is 11.5 Å². The molecule has 1 amide bonds. The molecular weight excluding hydrogens is 332 g/mol. The van der Waals surface area contributed by atoms with Crippen LogP contribution in [0.5, 0.6) is 11.5 Å². The fraction of sp³-hybridized carbons (Fsp3) is 0.300. The first-order chi connectivity index (χ1) is 12.4. The summed E-state index contributed by atoms with van der Waals surface area (Å²) in [7, 11) is 5.04. The zero-order valence-electron chi connectivity index (χ0n) is 15.5. The van der Waals surface area contributed by atoms with Crippen molar-refractivity contribution in [2.45, 2.75) is 13.3 Å². The van der Waals surface area contributed by atoms with Crippen LogP contribution < -0.4 is 14.8 Å². The lowest BCUT2D eigenvalue weighted by atomic mass is 10.1. The average molecular weight is 356 g/mol. The molecule has 0 fully saturated rings. The Morgan fingerprint density at radius 3 is 2.31 bits per heavy atom. The fourth-order valence-electron chi connectivity index (χ4n) is 2.18. The average Bonchev–Trinajstić information content (AvgIpc) is 2.62. The Balaban J connectivity index is 2.27. The Bertz CT molecular complexity index is 770. The molecule has 6 nitrogen and oxygen atoms in total. The van der Waals surface area contributed by atoms with Crippen LogP contribution in [-0.4, -0.2) is 44.7 Å². The summed E-state index contributed by atoms with van der Waals surface area (Å²) in [5, 5.41) is 3.07. The van der Waals surface area contributed by atoms with E-state index in [9.17, 15) is 9.59 Å². The zero-order valence-corrected chi connectivity index (χ0v) is 15.5. The van der Waals surface area contributed by atoms with Gasteiger partial charge in [-0.25, -0.2) is 9.59 Å². The Morgan fingerprint density at radius 2 is 1.69 bits per heavy atom. The highest BCUT2D eigenvalue weighted by Gasteiger charge is 2.17. The van der Waals surface area contributed by atoms with E-state index in [2.05, 4.69) is 5.32 Å². The molecule has 0 unspecified atom stereocenters. The molecule has 26 heavy (non-hydrogen) atoms. The number of ether oxygens (including phenoxy) is 2. The smallest absolute Gasteiger partial charge is 0.414 e. The van der Waals surface area contributed by atoms with Crippen LogP contribution in [0.4, 0.5) is 4.79 Å². The number of rotatable bonds is 6. The summed E-state index contributed by atoms with van der Waals surface area (Å²) >= 11 is 0. The van der Waals surface area contributed by atoms with E-state index in [1.807, 2.05) is 32.2 Å². The Hall–Kier alpha value is -2.86. The molecule has 0 saturated heterocycles. The lowest BCUT2D eigenvalue weighted by Crippen LogP contribution is -2.25. The van der Waals surface area contributed by atoms with Crippen LogP contribution in [0, 0.1) is 6.92 Å². The summed E-state index contributed by atoms with van der Waals surface area (Å²) in [4.78, 5) is 25.6. The molecular formula is C20H24N2O4. The molecule has 0 heterocycles. The Labute approximate surface area is 153 Å². The van der Waals surface area contributed by atoms with Crippen molar-refractivity contribution in [2.24, 2.45) is 0 Å². The number of likely N-dealkylation sites (N-methyl/N-ethyl adjacent to an activating group) is 1. The number of amides is 1. The van der Waals surface area contributed by atoms with Gasteiger partial charge < -0.3 is 19.7 Å². The molecule has 2 aromatic rings. The highest BCUT2D eigenvalue weighted by atomic mass is 16.6. The number of esters is 1. The summed E-state index contributed by atoms with van der Waals surface area (Å²) in [6.07, 6.45) is 0.216. The van der Waals surface area contributed by atoms with Crippen molar-refractivity contribution in [3.05, 3.63) is 59.2 Å². The lowest BCUT2D eigenvalue weighted by Gasteiger charge is -2.15. The molecule has 0 aliphatic rings. The van der Waals surface area contributed by atoms with Crippen molar-refractivity contribution >= 4 is 12.1 Å². The van der Waals surface area contributed by atoms with E-state index in [1.54, 1.807) is 38.4 Å².